The summed E-state index contributed by atoms with van der Waals surface area (Å²) in [5.41, 5.74) is 0.766. The van der Waals surface area contributed by atoms with Crippen molar-refractivity contribution in [2.75, 3.05) is 13.2 Å². The number of terminal acetylenes is 1. The van der Waals surface area contributed by atoms with Crippen LogP contribution in [-0.4, -0.2) is 25.8 Å². The first-order valence-electron chi connectivity index (χ1n) is 8.02. The summed E-state index contributed by atoms with van der Waals surface area (Å²) in [6.45, 7) is 1.48. The molecular formula is C18H22O4. The second kappa shape index (κ2) is 7.53. The van der Waals surface area contributed by atoms with Crippen LogP contribution in [-0.2, 0) is 9.47 Å². The van der Waals surface area contributed by atoms with Crippen molar-refractivity contribution in [3.05, 3.63) is 23.8 Å². The molecule has 0 N–H and O–H groups in total. The molecule has 22 heavy (non-hydrogen) atoms. The number of rotatable bonds is 4. The number of hydrogen-bond acceptors (Lipinski definition) is 4. The minimum Gasteiger partial charge on any atom is -0.461 e. The third-order valence-corrected chi connectivity index (χ3v) is 3.90. The molecule has 3 rings (SSSR count). The number of hydrogen-bond donors (Lipinski definition) is 0. The molecular weight excluding hydrogens is 280 g/mol. The van der Waals surface area contributed by atoms with Gasteiger partial charge in [-0.25, -0.2) is 0 Å². The SMILES string of the molecule is C#Cc1ccc(OC2CCCCO2)c(OC2CCCCO2)c1. The van der Waals surface area contributed by atoms with Crippen LogP contribution >= 0.6 is 0 Å². The largest absolute Gasteiger partial charge is 0.461 e. The normalized spacial score (nSPS) is 25.2. The Balaban J connectivity index is 1.73. The van der Waals surface area contributed by atoms with E-state index >= 15 is 0 Å². The molecule has 2 fully saturated rings. The third kappa shape index (κ3) is 3.94. The van der Waals surface area contributed by atoms with E-state index in [1.165, 1.54) is 0 Å². The van der Waals surface area contributed by atoms with E-state index in [1.807, 2.05) is 18.2 Å². The van der Waals surface area contributed by atoms with Crippen molar-refractivity contribution < 1.29 is 18.9 Å². The minimum atomic E-state index is -0.226. The first-order chi connectivity index (χ1) is 10.8. The molecule has 2 heterocycles. The summed E-state index contributed by atoms with van der Waals surface area (Å²) in [4.78, 5) is 0. The van der Waals surface area contributed by atoms with E-state index in [1.54, 1.807) is 0 Å². The average molecular weight is 302 g/mol. The van der Waals surface area contributed by atoms with Gasteiger partial charge >= 0.3 is 0 Å². The molecule has 0 radical (unpaired) electrons. The van der Waals surface area contributed by atoms with Crippen LogP contribution in [0.2, 0.25) is 0 Å². The van der Waals surface area contributed by atoms with E-state index in [0.29, 0.717) is 11.5 Å². The lowest BCUT2D eigenvalue weighted by molar-refractivity contribution is -0.119. The topological polar surface area (TPSA) is 36.9 Å². The fraction of sp³-hybridized carbons (Fsp3) is 0.556. The zero-order valence-corrected chi connectivity index (χ0v) is 12.8. The maximum atomic E-state index is 5.97. The first kappa shape index (κ1) is 15.2. The van der Waals surface area contributed by atoms with Crippen LogP contribution in [0.15, 0.2) is 18.2 Å². The maximum Gasteiger partial charge on any atom is 0.200 e. The van der Waals surface area contributed by atoms with Gasteiger partial charge in [0.25, 0.3) is 0 Å². The zero-order valence-electron chi connectivity index (χ0n) is 12.8. The summed E-state index contributed by atoms with van der Waals surface area (Å²) in [6.07, 6.45) is 11.2. The molecule has 0 spiro atoms. The molecule has 0 aromatic heterocycles. The van der Waals surface area contributed by atoms with Crippen LogP contribution in [0.5, 0.6) is 11.5 Å². The summed E-state index contributed by atoms with van der Waals surface area (Å²) in [7, 11) is 0. The highest BCUT2D eigenvalue weighted by atomic mass is 16.7. The molecule has 2 saturated heterocycles. The Bertz CT molecular complexity index is 522. The van der Waals surface area contributed by atoms with Gasteiger partial charge in [-0.1, -0.05) is 5.92 Å². The number of ether oxygens (including phenoxy) is 4. The highest BCUT2D eigenvalue weighted by Crippen LogP contribution is 2.33. The molecule has 0 bridgehead atoms. The summed E-state index contributed by atoms with van der Waals surface area (Å²) in [5.74, 6) is 3.93. The molecule has 2 aliphatic rings. The van der Waals surface area contributed by atoms with Crippen LogP contribution in [0.1, 0.15) is 44.1 Å². The molecule has 4 heteroatoms. The van der Waals surface area contributed by atoms with Crippen molar-refractivity contribution in [3.63, 3.8) is 0 Å². The Labute approximate surface area is 131 Å². The second-order valence-corrected chi connectivity index (χ2v) is 5.63. The van der Waals surface area contributed by atoms with Gasteiger partial charge in [-0.3, -0.25) is 0 Å². The van der Waals surface area contributed by atoms with Crippen LogP contribution < -0.4 is 9.47 Å². The molecule has 0 amide bonds. The van der Waals surface area contributed by atoms with Gasteiger partial charge in [0.2, 0.25) is 0 Å². The molecule has 1 aromatic rings. The molecule has 4 nitrogen and oxygen atoms in total. The van der Waals surface area contributed by atoms with Crippen molar-refractivity contribution in [2.45, 2.75) is 51.1 Å². The molecule has 1 aromatic carbocycles. The molecule has 118 valence electrons. The highest BCUT2D eigenvalue weighted by molar-refractivity contribution is 5.47. The van der Waals surface area contributed by atoms with Crippen molar-refractivity contribution in [1.29, 1.82) is 0 Å². The zero-order chi connectivity index (χ0) is 15.2. The second-order valence-electron chi connectivity index (χ2n) is 5.63. The summed E-state index contributed by atoms with van der Waals surface area (Å²) >= 11 is 0. The lowest BCUT2D eigenvalue weighted by Gasteiger charge is -2.27. The summed E-state index contributed by atoms with van der Waals surface area (Å²) in [6, 6.07) is 5.54. The molecule has 2 aliphatic heterocycles. The van der Waals surface area contributed by atoms with Gasteiger partial charge in [-0.2, -0.15) is 0 Å². The lowest BCUT2D eigenvalue weighted by atomic mass is 10.2. The molecule has 2 atom stereocenters. The monoisotopic (exact) mass is 302 g/mol. The number of benzene rings is 1. The lowest BCUT2D eigenvalue weighted by Crippen LogP contribution is -2.27. The van der Waals surface area contributed by atoms with E-state index in [-0.39, 0.29) is 12.6 Å². The molecule has 2 unspecified atom stereocenters. The van der Waals surface area contributed by atoms with Crippen LogP contribution in [0.3, 0.4) is 0 Å². The predicted octanol–water partition coefficient (Wildman–Crippen LogP) is 3.48. The van der Waals surface area contributed by atoms with Crippen molar-refractivity contribution in [3.8, 4) is 23.8 Å². The average Bonchev–Trinajstić information content (AvgIpc) is 2.58. The molecule has 0 saturated carbocycles. The van der Waals surface area contributed by atoms with Crippen LogP contribution in [0.25, 0.3) is 0 Å². The fourth-order valence-corrected chi connectivity index (χ4v) is 2.68. The van der Waals surface area contributed by atoms with E-state index in [9.17, 15) is 0 Å². The van der Waals surface area contributed by atoms with Gasteiger partial charge in [-0.05, 0) is 43.9 Å². The minimum absolute atomic E-state index is 0.208. The van der Waals surface area contributed by atoms with Crippen molar-refractivity contribution >= 4 is 0 Å². The summed E-state index contributed by atoms with van der Waals surface area (Å²) in [5, 5.41) is 0. The smallest absolute Gasteiger partial charge is 0.200 e. The van der Waals surface area contributed by atoms with E-state index in [0.717, 1.165) is 57.3 Å². The van der Waals surface area contributed by atoms with Crippen LogP contribution in [0.4, 0.5) is 0 Å². The maximum absolute atomic E-state index is 5.97. The van der Waals surface area contributed by atoms with E-state index in [2.05, 4.69) is 5.92 Å². The quantitative estimate of drug-likeness (QED) is 0.798. The standard InChI is InChI=1S/C18H22O4/c1-2-14-9-10-15(21-17-7-3-5-11-19-17)16(13-14)22-18-8-4-6-12-20-18/h1,9-10,13,17-18H,3-8,11-12H2. The van der Waals surface area contributed by atoms with Crippen molar-refractivity contribution in [2.24, 2.45) is 0 Å². The predicted molar refractivity (Wildman–Crippen MR) is 82.8 cm³/mol. The summed E-state index contributed by atoms with van der Waals surface area (Å²) < 4.78 is 23.2. The van der Waals surface area contributed by atoms with Gasteiger partial charge in [-0.15, -0.1) is 6.42 Å². The Morgan fingerprint density at radius 3 is 2.09 bits per heavy atom. The first-order valence-corrected chi connectivity index (χ1v) is 8.02. The van der Waals surface area contributed by atoms with Gasteiger partial charge in [0.1, 0.15) is 0 Å². The van der Waals surface area contributed by atoms with Gasteiger partial charge in [0.05, 0.1) is 13.2 Å². The van der Waals surface area contributed by atoms with Crippen LogP contribution in [0, 0.1) is 12.3 Å². The Morgan fingerprint density at radius 1 is 0.909 bits per heavy atom. The van der Waals surface area contributed by atoms with Crippen molar-refractivity contribution in [1.82, 2.24) is 0 Å². The fourth-order valence-electron chi connectivity index (χ4n) is 2.68. The van der Waals surface area contributed by atoms with E-state index < -0.39 is 0 Å². The third-order valence-electron chi connectivity index (χ3n) is 3.90. The molecule has 0 aliphatic carbocycles. The highest BCUT2D eigenvalue weighted by Gasteiger charge is 2.21. The Hall–Kier alpha value is -1.70. The van der Waals surface area contributed by atoms with Gasteiger partial charge in [0, 0.05) is 18.4 Å². The van der Waals surface area contributed by atoms with Gasteiger partial charge < -0.3 is 18.9 Å². The Morgan fingerprint density at radius 2 is 1.55 bits per heavy atom. The Kier molecular flexibility index (Phi) is 5.20. The van der Waals surface area contributed by atoms with Gasteiger partial charge in [0.15, 0.2) is 24.1 Å². The van der Waals surface area contributed by atoms with E-state index in [4.69, 9.17) is 25.4 Å².